The van der Waals surface area contributed by atoms with E-state index in [2.05, 4.69) is 0 Å². The minimum Gasteiger partial charge on any atom is -0.393 e. The second kappa shape index (κ2) is 11.0. The summed E-state index contributed by atoms with van der Waals surface area (Å²) in [5.74, 6) is 0.366. The maximum atomic E-state index is 11.7. The van der Waals surface area contributed by atoms with Gasteiger partial charge in [0.2, 0.25) is 0 Å². The predicted molar refractivity (Wildman–Crippen MR) is 92.2 cm³/mol. The van der Waals surface area contributed by atoms with Crippen LogP contribution in [0.2, 0.25) is 0 Å². The van der Waals surface area contributed by atoms with Crippen LogP contribution < -0.4 is 0 Å². The van der Waals surface area contributed by atoms with Crippen molar-refractivity contribution in [1.29, 1.82) is 0 Å². The van der Waals surface area contributed by atoms with E-state index >= 15 is 0 Å². The standard InChI is InChI=1S/C19H32O6/c20-16(6-4-14-8-10-24-12-18(14)22)2-1-3-17(21)7-5-15-9-11-25-13-19(15)23/h14-17,20-21H,1-13H2. The monoisotopic (exact) mass is 356 g/mol. The summed E-state index contributed by atoms with van der Waals surface area (Å²) in [5, 5.41) is 20.1. The van der Waals surface area contributed by atoms with Crippen LogP contribution in [0.3, 0.4) is 0 Å². The van der Waals surface area contributed by atoms with Gasteiger partial charge in [-0.25, -0.2) is 0 Å². The SMILES string of the molecule is O=C1COCCC1CCC(O)CCCC(O)CCC1CCOCC1=O. The fourth-order valence-corrected chi connectivity index (χ4v) is 3.63. The lowest BCUT2D eigenvalue weighted by molar-refractivity contribution is -0.133. The average Bonchev–Trinajstić information content (AvgIpc) is 2.60. The zero-order chi connectivity index (χ0) is 18.1. The Kier molecular flexibility index (Phi) is 9.03. The van der Waals surface area contributed by atoms with Crippen molar-refractivity contribution in [2.24, 2.45) is 11.8 Å². The van der Waals surface area contributed by atoms with Gasteiger partial charge >= 0.3 is 0 Å². The molecule has 0 aromatic heterocycles. The summed E-state index contributed by atoms with van der Waals surface area (Å²) in [6.45, 7) is 1.69. The van der Waals surface area contributed by atoms with E-state index in [0.717, 1.165) is 32.1 Å². The average molecular weight is 356 g/mol. The van der Waals surface area contributed by atoms with Gasteiger partial charge in [-0.15, -0.1) is 0 Å². The molecule has 144 valence electrons. The molecule has 4 unspecified atom stereocenters. The van der Waals surface area contributed by atoms with Gasteiger partial charge in [0.25, 0.3) is 0 Å². The van der Waals surface area contributed by atoms with Gasteiger partial charge in [-0.2, -0.15) is 0 Å². The van der Waals surface area contributed by atoms with Crippen LogP contribution in [0.5, 0.6) is 0 Å². The molecule has 0 radical (unpaired) electrons. The second-order valence-corrected chi connectivity index (χ2v) is 7.40. The molecule has 0 aromatic rings. The van der Waals surface area contributed by atoms with Crippen molar-refractivity contribution in [1.82, 2.24) is 0 Å². The lowest BCUT2D eigenvalue weighted by Gasteiger charge is -2.22. The highest BCUT2D eigenvalue weighted by atomic mass is 16.5. The Labute approximate surface area is 149 Å². The third-order valence-corrected chi connectivity index (χ3v) is 5.39. The maximum absolute atomic E-state index is 11.7. The van der Waals surface area contributed by atoms with Crippen LogP contribution in [0.25, 0.3) is 0 Å². The van der Waals surface area contributed by atoms with E-state index in [9.17, 15) is 19.8 Å². The van der Waals surface area contributed by atoms with Gasteiger partial charge in [0.15, 0.2) is 11.6 Å². The molecule has 2 N–H and O–H groups in total. The molecule has 2 saturated heterocycles. The van der Waals surface area contributed by atoms with Crippen LogP contribution >= 0.6 is 0 Å². The Morgan fingerprint density at radius 3 is 1.64 bits per heavy atom. The normalized spacial score (nSPS) is 27.3. The van der Waals surface area contributed by atoms with Crippen molar-refractivity contribution in [2.75, 3.05) is 26.4 Å². The van der Waals surface area contributed by atoms with Gasteiger partial charge in [0.1, 0.15) is 13.2 Å². The van der Waals surface area contributed by atoms with E-state index in [1.807, 2.05) is 0 Å². The fraction of sp³-hybridized carbons (Fsp3) is 0.895. The van der Waals surface area contributed by atoms with E-state index in [-0.39, 0.29) is 36.6 Å². The molecule has 2 rings (SSSR count). The number of aliphatic hydroxyl groups excluding tert-OH is 2. The Balaban J connectivity index is 1.52. The molecule has 2 aliphatic heterocycles. The number of rotatable bonds is 10. The molecule has 6 heteroatoms. The third kappa shape index (κ3) is 7.52. The molecular formula is C19H32O6. The summed E-state index contributed by atoms with van der Waals surface area (Å²) in [7, 11) is 0. The molecule has 0 amide bonds. The van der Waals surface area contributed by atoms with Gasteiger partial charge in [0, 0.05) is 25.0 Å². The van der Waals surface area contributed by atoms with Gasteiger partial charge in [-0.05, 0) is 57.8 Å². The Morgan fingerprint density at radius 1 is 0.800 bits per heavy atom. The molecule has 2 fully saturated rings. The van der Waals surface area contributed by atoms with Gasteiger partial charge in [-0.1, -0.05) is 0 Å². The summed E-state index contributed by atoms with van der Waals surface area (Å²) in [6.07, 6.45) is 5.42. The fourth-order valence-electron chi connectivity index (χ4n) is 3.63. The highest BCUT2D eigenvalue weighted by Gasteiger charge is 2.24. The largest absolute Gasteiger partial charge is 0.393 e. The Bertz CT molecular complexity index is 386. The number of Topliss-reactive ketones (excluding diaryl/α,β-unsaturated/α-hetero) is 2. The zero-order valence-electron chi connectivity index (χ0n) is 15.0. The van der Waals surface area contributed by atoms with Crippen molar-refractivity contribution in [3.05, 3.63) is 0 Å². The van der Waals surface area contributed by atoms with E-state index in [1.165, 1.54) is 0 Å². The number of carbonyl (C=O) groups is 2. The first kappa shape index (κ1) is 20.5. The minimum absolute atomic E-state index is 0.0333. The summed E-state index contributed by atoms with van der Waals surface area (Å²) in [6, 6.07) is 0. The smallest absolute Gasteiger partial charge is 0.161 e. The number of hydrogen-bond acceptors (Lipinski definition) is 6. The molecule has 0 bridgehead atoms. The lowest BCUT2D eigenvalue weighted by Crippen LogP contribution is -2.28. The first-order chi connectivity index (χ1) is 12.1. The van der Waals surface area contributed by atoms with Crippen molar-refractivity contribution in [3.63, 3.8) is 0 Å². The molecule has 2 aliphatic rings. The lowest BCUT2D eigenvalue weighted by atomic mass is 9.90. The van der Waals surface area contributed by atoms with Gasteiger partial charge in [-0.3, -0.25) is 9.59 Å². The van der Waals surface area contributed by atoms with Crippen molar-refractivity contribution in [2.45, 2.75) is 70.0 Å². The number of hydrogen-bond donors (Lipinski definition) is 2. The van der Waals surface area contributed by atoms with Gasteiger partial charge < -0.3 is 19.7 Å². The predicted octanol–water partition coefficient (Wildman–Crippen LogP) is 1.65. The Morgan fingerprint density at radius 2 is 1.24 bits per heavy atom. The molecule has 25 heavy (non-hydrogen) atoms. The first-order valence-electron chi connectivity index (χ1n) is 9.63. The third-order valence-electron chi connectivity index (χ3n) is 5.39. The molecule has 0 spiro atoms. The van der Waals surface area contributed by atoms with E-state index < -0.39 is 12.2 Å². The van der Waals surface area contributed by atoms with Crippen LogP contribution in [0.15, 0.2) is 0 Å². The van der Waals surface area contributed by atoms with E-state index in [1.54, 1.807) is 0 Å². The molecule has 4 atom stereocenters. The first-order valence-corrected chi connectivity index (χ1v) is 9.63. The molecule has 2 heterocycles. The minimum atomic E-state index is -0.417. The van der Waals surface area contributed by atoms with E-state index in [0.29, 0.717) is 38.9 Å². The van der Waals surface area contributed by atoms with Gasteiger partial charge in [0.05, 0.1) is 12.2 Å². The van der Waals surface area contributed by atoms with Crippen LogP contribution in [0, 0.1) is 11.8 Å². The summed E-state index contributed by atoms with van der Waals surface area (Å²) >= 11 is 0. The topological polar surface area (TPSA) is 93.1 Å². The summed E-state index contributed by atoms with van der Waals surface area (Å²) in [4.78, 5) is 23.3. The van der Waals surface area contributed by atoms with Crippen LogP contribution in [-0.2, 0) is 19.1 Å². The Hall–Kier alpha value is -0.820. The van der Waals surface area contributed by atoms with Crippen LogP contribution in [-0.4, -0.2) is 60.4 Å². The van der Waals surface area contributed by atoms with E-state index in [4.69, 9.17) is 9.47 Å². The molecule has 0 aromatic carbocycles. The summed E-state index contributed by atoms with van der Waals surface area (Å²) < 4.78 is 10.2. The highest BCUT2D eigenvalue weighted by molar-refractivity contribution is 5.83. The van der Waals surface area contributed by atoms with Crippen molar-refractivity contribution in [3.8, 4) is 0 Å². The second-order valence-electron chi connectivity index (χ2n) is 7.40. The number of aliphatic hydroxyl groups is 2. The number of ketones is 2. The highest BCUT2D eigenvalue weighted by Crippen LogP contribution is 2.22. The van der Waals surface area contributed by atoms with Crippen LogP contribution in [0.4, 0.5) is 0 Å². The number of carbonyl (C=O) groups excluding carboxylic acids is 2. The quantitative estimate of drug-likeness (QED) is 0.618. The number of ether oxygens (including phenoxy) is 2. The molecule has 0 saturated carbocycles. The van der Waals surface area contributed by atoms with Crippen molar-refractivity contribution >= 4 is 11.6 Å². The van der Waals surface area contributed by atoms with Crippen molar-refractivity contribution < 1.29 is 29.3 Å². The molecule has 6 nitrogen and oxygen atoms in total. The maximum Gasteiger partial charge on any atom is 0.161 e. The molecule has 0 aliphatic carbocycles. The molecular weight excluding hydrogens is 324 g/mol. The zero-order valence-corrected chi connectivity index (χ0v) is 15.0. The summed E-state index contributed by atoms with van der Waals surface area (Å²) in [5.41, 5.74) is 0. The van der Waals surface area contributed by atoms with Crippen LogP contribution in [0.1, 0.15) is 57.8 Å².